The van der Waals surface area contributed by atoms with Gasteiger partial charge in [-0.05, 0) is 154 Å². The summed E-state index contributed by atoms with van der Waals surface area (Å²) in [6.07, 6.45) is 9.57. The van der Waals surface area contributed by atoms with E-state index in [1.807, 2.05) is 91.6 Å². The smallest absolute Gasteiger partial charge is 0.137 e. The highest BCUT2D eigenvalue weighted by Crippen LogP contribution is 2.42. The van der Waals surface area contributed by atoms with Gasteiger partial charge < -0.3 is 0 Å². The molecule has 0 fully saturated rings. The van der Waals surface area contributed by atoms with Crippen LogP contribution in [0.5, 0.6) is 0 Å². The van der Waals surface area contributed by atoms with E-state index in [2.05, 4.69) is 246 Å². The number of para-hydroxylation sites is 3. The first-order chi connectivity index (χ1) is 48.5. The maximum Gasteiger partial charge on any atom is 0.137 e. The molecule has 10 nitrogen and oxygen atoms in total. The Morgan fingerprint density at radius 1 is 0.214 bits per heavy atom. The van der Waals surface area contributed by atoms with Gasteiger partial charge in [0.1, 0.15) is 11.6 Å². The molecule has 20 aromatic rings. The Morgan fingerprint density at radius 3 is 0.990 bits per heavy atom. The Morgan fingerprint density at radius 2 is 0.561 bits per heavy atom. The molecule has 0 unspecified atom stereocenters. The average molecular weight is 1250 g/mol. The molecule has 10 aromatic carbocycles. The Hall–Kier alpha value is -13.4. The molecular weight excluding hydrogens is 1200 g/mol. The number of fused-ring (bicyclic) bond motifs is 14. The van der Waals surface area contributed by atoms with Crippen molar-refractivity contribution < 1.29 is 0 Å². The molecular formula is C88H54N10. The summed E-state index contributed by atoms with van der Waals surface area (Å²) >= 11 is 0. The van der Waals surface area contributed by atoms with Crippen molar-refractivity contribution in [3.05, 3.63) is 328 Å². The van der Waals surface area contributed by atoms with Gasteiger partial charge in [-0.15, -0.1) is 0 Å². The van der Waals surface area contributed by atoms with Gasteiger partial charge in [0.05, 0.1) is 72.8 Å². The lowest BCUT2D eigenvalue weighted by atomic mass is 10.0. The summed E-state index contributed by atoms with van der Waals surface area (Å²) < 4.78 is 4.53. The first-order valence-corrected chi connectivity index (χ1v) is 32.8. The molecule has 98 heavy (non-hydrogen) atoms. The lowest BCUT2D eigenvalue weighted by Gasteiger charge is -2.09. The Bertz CT molecular complexity index is 6530. The van der Waals surface area contributed by atoms with Crippen LogP contribution in [0.25, 0.3) is 188 Å². The molecule has 0 atom stereocenters. The lowest BCUT2D eigenvalue weighted by Crippen LogP contribution is -1.97. The van der Waals surface area contributed by atoms with Crippen LogP contribution < -0.4 is 0 Å². The van der Waals surface area contributed by atoms with Gasteiger partial charge in [0, 0.05) is 107 Å². The number of rotatable bonds is 8. The number of nitrogens with zero attached hydrogens (tertiary/aromatic N) is 10. The number of benzene rings is 10. The van der Waals surface area contributed by atoms with Crippen molar-refractivity contribution in [3.63, 3.8) is 0 Å². The maximum absolute atomic E-state index is 5.00. The van der Waals surface area contributed by atoms with Crippen molar-refractivity contribution in [3.8, 4) is 79.2 Å². The third kappa shape index (κ3) is 9.73. The summed E-state index contributed by atoms with van der Waals surface area (Å²) in [5.41, 5.74) is 18.9. The van der Waals surface area contributed by atoms with E-state index in [0.29, 0.717) is 0 Å². The largest absolute Gasteiger partial charge is 0.294 e. The normalized spacial score (nSPS) is 11.7. The number of aromatic nitrogens is 10. The molecule has 10 aromatic heterocycles. The van der Waals surface area contributed by atoms with Crippen LogP contribution in [0.2, 0.25) is 0 Å². The summed E-state index contributed by atoms with van der Waals surface area (Å²) in [6.45, 7) is 0. The van der Waals surface area contributed by atoms with Crippen LogP contribution in [-0.4, -0.2) is 49.0 Å². The predicted molar refractivity (Wildman–Crippen MR) is 402 cm³/mol. The molecule has 0 bridgehead atoms. The van der Waals surface area contributed by atoms with Crippen LogP contribution in [0, 0.1) is 0 Å². The number of pyridine rings is 8. The van der Waals surface area contributed by atoms with E-state index in [1.54, 1.807) is 0 Å². The van der Waals surface area contributed by atoms with Crippen LogP contribution in [0.1, 0.15) is 0 Å². The minimum absolute atomic E-state index is 0.859. The molecule has 0 saturated heterocycles. The zero-order chi connectivity index (χ0) is 64.6. The molecule has 0 radical (unpaired) electrons. The van der Waals surface area contributed by atoms with E-state index in [0.717, 1.165) is 150 Å². The van der Waals surface area contributed by atoms with Crippen LogP contribution >= 0.6 is 0 Å². The molecule has 0 amide bonds. The van der Waals surface area contributed by atoms with Crippen molar-refractivity contribution in [2.45, 2.75) is 0 Å². The highest BCUT2D eigenvalue weighted by molar-refractivity contribution is 6.23. The summed E-state index contributed by atoms with van der Waals surface area (Å²) in [4.78, 5) is 39.2. The quantitative estimate of drug-likeness (QED) is 0.148. The van der Waals surface area contributed by atoms with E-state index in [1.165, 1.54) is 37.7 Å². The summed E-state index contributed by atoms with van der Waals surface area (Å²) in [5, 5.41) is 15.2. The molecule has 456 valence electrons. The Kier molecular flexibility index (Phi) is 13.3. The van der Waals surface area contributed by atoms with Crippen molar-refractivity contribution in [1.82, 2.24) is 49.0 Å². The van der Waals surface area contributed by atoms with Crippen molar-refractivity contribution in [1.29, 1.82) is 0 Å². The van der Waals surface area contributed by atoms with Crippen LogP contribution in [0.3, 0.4) is 0 Å². The van der Waals surface area contributed by atoms with E-state index >= 15 is 0 Å². The average Bonchev–Trinajstić information content (AvgIpc) is 1.58. The van der Waals surface area contributed by atoms with Crippen molar-refractivity contribution in [2.24, 2.45) is 0 Å². The fourth-order valence-electron chi connectivity index (χ4n) is 14.2. The molecule has 0 spiro atoms. The molecule has 0 saturated carbocycles. The minimum atomic E-state index is 0.859. The zero-order valence-corrected chi connectivity index (χ0v) is 52.6. The summed E-state index contributed by atoms with van der Waals surface area (Å²) in [6, 6.07) is 104. The SMILES string of the molecule is c1ccc2nc(-c3ccc(-c4ccc5c(c4)c4c6ccccc6ccc4n5-c4ccc(-c5ccc6ccccc6n5)cn4)nc3)ccc2c1.c1ccc2nc(-c3ccc(-n4c5ccc(-c6ccc(-c7nccc8ccccc78)cn6)cc5c5c6ccccc6ccc54)nc3)ccc2c1. The van der Waals surface area contributed by atoms with Gasteiger partial charge in [0.15, 0.2) is 0 Å². The molecule has 0 aliphatic carbocycles. The lowest BCUT2D eigenvalue weighted by molar-refractivity contribution is 1.08. The summed E-state index contributed by atoms with van der Waals surface area (Å²) in [5.74, 6) is 1.72. The Balaban J connectivity index is 0.000000137. The number of hydrogen-bond donors (Lipinski definition) is 0. The third-order valence-corrected chi connectivity index (χ3v) is 19.0. The summed E-state index contributed by atoms with van der Waals surface area (Å²) in [7, 11) is 0. The monoisotopic (exact) mass is 1250 g/mol. The second kappa shape index (κ2) is 23.2. The fourth-order valence-corrected chi connectivity index (χ4v) is 14.2. The third-order valence-electron chi connectivity index (χ3n) is 19.0. The highest BCUT2D eigenvalue weighted by Gasteiger charge is 2.20. The van der Waals surface area contributed by atoms with Crippen molar-refractivity contribution >= 4 is 109 Å². The van der Waals surface area contributed by atoms with Crippen LogP contribution in [0.15, 0.2) is 328 Å². The zero-order valence-electron chi connectivity index (χ0n) is 52.6. The van der Waals surface area contributed by atoms with E-state index in [-0.39, 0.29) is 0 Å². The second-order valence-electron chi connectivity index (χ2n) is 24.7. The topological polar surface area (TPSA) is 113 Å². The van der Waals surface area contributed by atoms with Gasteiger partial charge in [-0.3, -0.25) is 24.1 Å². The van der Waals surface area contributed by atoms with Gasteiger partial charge in [-0.2, -0.15) is 0 Å². The van der Waals surface area contributed by atoms with E-state index in [4.69, 9.17) is 39.9 Å². The van der Waals surface area contributed by atoms with Gasteiger partial charge in [-0.1, -0.05) is 170 Å². The molecule has 20 rings (SSSR count). The van der Waals surface area contributed by atoms with E-state index in [9.17, 15) is 0 Å². The first kappa shape index (κ1) is 56.1. The molecule has 10 heteroatoms. The fraction of sp³-hybridized carbons (Fsp3) is 0. The molecule has 10 heterocycles. The first-order valence-electron chi connectivity index (χ1n) is 32.8. The second-order valence-corrected chi connectivity index (χ2v) is 24.7. The molecule has 0 N–H and O–H groups in total. The highest BCUT2D eigenvalue weighted by atomic mass is 15.1. The maximum atomic E-state index is 5.00. The van der Waals surface area contributed by atoms with Crippen LogP contribution in [-0.2, 0) is 0 Å². The number of hydrogen-bond acceptors (Lipinski definition) is 8. The molecule has 0 aliphatic heterocycles. The van der Waals surface area contributed by atoms with Gasteiger partial charge in [0.25, 0.3) is 0 Å². The van der Waals surface area contributed by atoms with Crippen LogP contribution in [0.4, 0.5) is 0 Å². The molecule has 0 aliphatic rings. The Labute approximate surface area is 561 Å². The van der Waals surface area contributed by atoms with Crippen molar-refractivity contribution in [2.75, 3.05) is 0 Å². The van der Waals surface area contributed by atoms with Gasteiger partial charge in [-0.25, -0.2) is 24.9 Å². The minimum Gasteiger partial charge on any atom is -0.294 e. The van der Waals surface area contributed by atoms with Gasteiger partial charge in [0.2, 0.25) is 0 Å². The predicted octanol–water partition coefficient (Wildman–Crippen LogP) is 21.6. The van der Waals surface area contributed by atoms with E-state index < -0.39 is 0 Å². The standard InChI is InChI=1S/2C44H27N5/c1-4-10-34-28(7-1)16-23-42-44(34)35-25-31(36-19-15-32(26-45-36)39-20-13-29-8-2-5-11-37(29)47-39)17-22-41(35)49(42)43-24-18-33(27-46-43)40-21-14-30-9-3-6-12-38(30)48-40;1-4-10-34-28(7-1)15-21-41-43(34)36-25-31(37-18-14-33(27-46-37)44-35-11-5-2-8-29(35)23-24-45-44)16-20-40(36)49(41)42-22-17-32(26-47-42)39-19-13-30-9-3-6-12-38(30)48-39/h2*1-27H. The van der Waals surface area contributed by atoms with Gasteiger partial charge >= 0.3 is 0 Å².